The SMILES string of the molecule is Cl.O=C(Nc1cc(C2=NCCN2)cc(C2=NCCN2)c1)c1ccc(C(=O)Nc2cc(C3=NCCN3)cc(C3=NCCN3)c2)cc1. The maximum Gasteiger partial charge on any atom is 0.255 e. The van der Waals surface area contributed by atoms with Crippen molar-refractivity contribution in [1.29, 1.82) is 0 Å². The molecular formula is C32H33ClN10O2. The largest absolute Gasteiger partial charge is 0.368 e. The fourth-order valence-electron chi connectivity index (χ4n) is 5.49. The van der Waals surface area contributed by atoms with Gasteiger partial charge >= 0.3 is 0 Å². The molecule has 4 aliphatic heterocycles. The van der Waals surface area contributed by atoms with Crippen molar-refractivity contribution < 1.29 is 9.59 Å². The van der Waals surface area contributed by atoms with E-state index < -0.39 is 0 Å². The number of hydrogen-bond donors (Lipinski definition) is 6. The quantitative estimate of drug-likeness (QED) is 0.225. The lowest BCUT2D eigenvalue weighted by Crippen LogP contribution is -2.23. The maximum atomic E-state index is 13.2. The summed E-state index contributed by atoms with van der Waals surface area (Å²) < 4.78 is 0. The van der Waals surface area contributed by atoms with E-state index in [2.05, 4.69) is 51.9 Å². The third kappa shape index (κ3) is 6.65. The Labute approximate surface area is 266 Å². The molecule has 12 nitrogen and oxygen atoms in total. The molecule has 0 unspecified atom stereocenters. The van der Waals surface area contributed by atoms with Crippen LogP contribution in [0.2, 0.25) is 0 Å². The van der Waals surface area contributed by atoms with Crippen LogP contribution >= 0.6 is 12.4 Å². The molecule has 0 aromatic heterocycles. The minimum absolute atomic E-state index is 0. The minimum Gasteiger partial charge on any atom is -0.368 e. The Morgan fingerprint density at radius 3 is 1.02 bits per heavy atom. The minimum atomic E-state index is -0.283. The second kappa shape index (κ2) is 13.2. The molecule has 2 amide bonds. The van der Waals surface area contributed by atoms with Crippen LogP contribution in [0.4, 0.5) is 11.4 Å². The van der Waals surface area contributed by atoms with Gasteiger partial charge < -0.3 is 31.9 Å². The van der Waals surface area contributed by atoms with Crippen molar-refractivity contribution in [2.75, 3.05) is 63.0 Å². The fraction of sp³-hybridized carbons (Fsp3) is 0.250. The standard InChI is InChI=1S/C32H32N10O2.ClH/c43-31(41-25-15-21(27-33-5-6-34-27)13-22(16-25)28-35-7-8-36-28)19-1-2-20(4-3-19)32(44)42-26-17-23(29-37-9-10-38-29)14-24(18-26)30-39-11-12-40-30;/h1-4,13-18H,5-12H2,(H,33,34)(H,35,36)(H,37,38)(H,39,40)(H,41,43)(H,42,44);1H. The Morgan fingerprint density at radius 2 is 0.778 bits per heavy atom. The molecule has 0 saturated carbocycles. The molecule has 0 bridgehead atoms. The predicted octanol–water partition coefficient (Wildman–Crippen LogP) is 2.01. The Hall–Kier alpha value is -5.23. The Kier molecular flexibility index (Phi) is 8.74. The van der Waals surface area contributed by atoms with Gasteiger partial charge in [0, 0.05) is 70.9 Å². The number of anilines is 2. The summed E-state index contributed by atoms with van der Waals surface area (Å²) in [6, 6.07) is 18.2. The van der Waals surface area contributed by atoms with Crippen LogP contribution < -0.4 is 31.9 Å². The molecule has 4 heterocycles. The second-order valence-electron chi connectivity index (χ2n) is 10.7. The van der Waals surface area contributed by atoms with Crippen molar-refractivity contribution in [3.05, 3.63) is 94.0 Å². The molecule has 13 heteroatoms. The first-order valence-corrected chi connectivity index (χ1v) is 14.8. The van der Waals surface area contributed by atoms with E-state index in [9.17, 15) is 9.59 Å². The number of aliphatic imine (C=N–C) groups is 4. The Balaban J connectivity index is 0.00000357. The van der Waals surface area contributed by atoms with Crippen molar-refractivity contribution >= 4 is 58.9 Å². The molecule has 0 saturated heterocycles. The van der Waals surface area contributed by atoms with Gasteiger partial charge in [0.1, 0.15) is 23.3 Å². The summed E-state index contributed by atoms with van der Waals surface area (Å²) in [6.07, 6.45) is 0. The molecule has 6 N–H and O–H groups in total. The van der Waals surface area contributed by atoms with Gasteiger partial charge in [-0.1, -0.05) is 0 Å². The lowest BCUT2D eigenvalue weighted by atomic mass is 10.1. The van der Waals surface area contributed by atoms with Gasteiger partial charge in [0.05, 0.1) is 26.2 Å². The summed E-state index contributed by atoms with van der Waals surface area (Å²) >= 11 is 0. The number of carbonyl (C=O) groups is 2. The molecule has 0 atom stereocenters. The van der Waals surface area contributed by atoms with Crippen LogP contribution in [0.5, 0.6) is 0 Å². The topological polar surface area (TPSA) is 156 Å². The van der Waals surface area contributed by atoms with Gasteiger partial charge in [-0.05, 0) is 60.7 Å². The van der Waals surface area contributed by atoms with E-state index in [0.29, 0.717) is 48.7 Å². The summed E-state index contributed by atoms with van der Waals surface area (Å²) in [5, 5.41) is 19.2. The van der Waals surface area contributed by atoms with Crippen molar-refractivity contribution in [3.8, 4) is 0 Å². The molecule has 0 aliphatic carbocycles. The van der Waals surface area contributed by atoms with Crippen LogP contribution in [0, 0.1) is 0 Å². The zero-order valence-electron chi connectivity index (χ0n) is 24.4. The monoisotopic (exact) mass is 624 g/mol. The van der Waals surface area contributed by atoms with Crippen molar-refractivity contribution in [3.63, 3.8) is 0 Å². The highest BCUT2D eigenvalue weighted by atomic mass is 35.5. The molecular weight excluding hydrogens is 592 g/mol. The number of amides is 2. The van der Waals surface area contributed by atoms with Crippen LogP contribution in [0.3, 0.4) is 0 Å². The van der Waals surface area contributed by atoms with Gasteiger partial charge in [0.15, 0.2) is 0 Å². The number of carbonyl (C=O) groups excluding carboxylic acids is 2. The van der Waals surface area contributed by atoms with Gasteiger partial charge in [-0.15, -0.1) is 12.4 Å². The summed E-state index contributed by atoms with van der Waals surface area (Å²) in [4.78, 5) is 44.6. The third-order valence-electron chi connectivity index (χ3n) is 7.58. The van der Waals surface area contributed by atoms with Gasteiger partial charge in [0.25, 0.3) is 11.8 Å². The van der Waals surface area contributed by atoms with Gasteiger partial charge in [-0.2, -0.15) is 0 Å². The Bertz CT molecular complexity index is 1550. The normalized spacial score (nSPS) is 16.5. The molecule has 0 fully saturated rings. The molecule has 0 radical (unpaired) electrons. The van der Waals surface area contributed by atoms with E-state index >= 15 is 0 Å². The van der Waals surface area contributed by atoms with Crippen LogP contribution in [-0.2, 0) is 0 Å². The molecule has 45 heavy (non-hydrogen) atoms. The van der Waals surface area contributed by atoms with E-state index in [1.54, 1.807) is 24.3 Å². The lowest BCUT2D eigenvalue weighted by molar-refractivity contribution is 0.101. The number of nitrogens with zero attached hydrogens (tertiary/aromatic N) is 4. The van der Waals surface area contributed by atoms with Crippen molar-refractivity contribution in [2.24, 2.45) is 20.0 Å². The first-order valence-electron chi connectivity index (χ1n) is 14.8. The van der Waals surface area contributed by atoms with Gasteiger partial charge in [0.2, 0.25) is 0 Å². The summed E-state index contributed by atoms with van der Waals surface area (Å²) in [5.74, 6) is 2.63. The van der Waals surface area contributed by atoms with Crippen LogP contribution in [0.1, 0.15) is 43.0 Å². The highest BCUT2D eigenvalue weighted by Gasteiger charge is 2.18. The Morgan fingerprint density at radius 1 is 0.489 bits per heavy atom. The van der Waals surface area contributed by atoms with Gasteiger partial charge in [-0.25, -0.2) is 0 Å². The number of nitrogens with one attached hydrogen (secondary N) is 6. The predicted molar refractivity (Wildman–Crippen MR) is 180 cm³/mol. The molecule has 230 valence electrons. The average molecular weight is 625 g/mol. The molecule has 3 aromatic carbocycles. The number of rotatable bonds is 8. The molecule has 0 spiro atoms. The molecule has 3 aromatic rings. The van der Waals surface area contributed by atoms with Crippen LogP contribution in [0.15, 0.2) is 80.6 Å². The summed E-state index contributed by atoms with van der Waals surface area (Å²) in [5.41, 5.74) is 5.68. The molecule has 4 aliphatic rings. The highest BCUT2D eigenvalue weighted by molar-refractivity contribution is 6.11. The zero-order chi connectivity index (χ0) is 29.9. The first kappa shape index (κ1) is 29.8. The summed E-state index contributed by atoms with van der Waals surface area (Å²) in [7, 11) is 0. The average Bonchev–Trinajstić information content (AvgIpc) is 3.89. The summed E-state index contributed by atoms with van der Waals surface area (Å²) in [6.45, 7) is 5.99. The van der Waals surface area contributed by atoms with Crippen molar-refractivity contribution in [2.45, 2.75) is 0 Å². The fourth-order valence-corrected chi connectivity index (χ4v) is 5.49. The second-order valence-corrected chi connectivity index (χ2v) is 10.7. The van der Waals surface area contributed by atoms with Crippen LogP contribution in [-0.4, -0.2) is 87.5 Å². The van der Waals surface area contributed by atoms with Crippen LogP contribution in [0.25, 0.3) is 0 Å². The lowest BCUT2D eigenvalue weighted by Gasteiger charge is -2.13. The maximum absolute atomic E-state index is 13.2. The smallest absolute Gasteiger partial charge is 0.255 e. The number of hydrogen-bond acceptors (Lipinski definition) is 10. The number of halogens is 1. The third-order valence-corrected chi connectivity index (χ3v) is 7.58. The van der Waals surface area contributed by atoms with E-state index in [0.717, 1.165) is 71.8 Å². The zero-order valence-corrected chi connectivity index (χ0v) is 25.3. The number of amidine groups is 4. The van der Waals surface area contributed by atoms with Gasteiger partial charge in [-0.3, -0.25) is 29.6 Å². The highest BCUT2D eigenvalue weighted by Crippen LogP contribution is 2.21. The van der Waals surface area contributed by atoms with E-state index in [1.807, 2.05) is 36.4 Å². The number of benzene rings is 3. The van der Waals surface area contributed by atoms with E-state index in [4.69, 9.17) is 0 Å². The van der Waals surface area contributed by atoms with E-state index in [1.165, 1.54) is 0 Å². The van der Waals surface area contributed by atoms with Crippen molar-refractivity contribution in [1.82, 2.24) is 21.3 Å². The first-order chi connectivity index (χ1) is 21.6. The molecule has 7 rings (SSSR count). The van der Waals surface area contributed by atoms with E-state index in [-0.39, 0.29) is 24.2 Å².